The molecule has 0 bridgehead atoms. The normalized spacial score (nSPS) is 10.6. The number of aryl methyl sites for hydroxylation is 1. The van der Waals surface area contributed by atoms with Crippen LogP contribution < -0.4 is 5.32 Å². The molecule has 7 heteroatoms. The molecule has 1 aromatic heterocycles. The number of nitrogens with one attached hydrogen (secondary N) is 1. The van der Waals surface area contributed by atoms with E-state index in [1.807, 2.05) is 6.92 Å². The highest BCUT2D eigenvalue weighted by atomic mass is 32.1. The van der Waals surface area contributed by atoms with Crippen LogP contribution in [0.5, 0.6) is 0 Å². The monoisotopic (exact) mass is 303 g/mol. The van der Waals surface area contributed by atoms with Crippen LogP contribution in [-0.4, -0.2) is 29.2 Å². The quantitative estimate of drug-likeness (QED) is 0.692. The van der Waals surface area contributed by atoms with Crippen LogP contribution in [0.2, 0.25) is 0 Å². The molecule has 0 aliphatic rings. The van der Waals surface area contributed by atoms with Crippen LogP contribution in [0.25, 0.3) is 6.08 Å². The Bertz CT molecular complexity index is 677. The lowest BCUT2D eigenvalue weighted by atomic mass is 10.1. The molecule has 21 heavy (non-hydrogen) atoms. The van der Waals surface area contributed by atoms with E-state index in [1.165, 1.54) is 24.5 Å². The summed E-state index contributed by atoms with van der Waals surface area (Å²) in [5.41, 5.74) is 1.26. The van der Waals surface area contributed by atoms with Crippen molar-refractivity contribution in [2.24, 2.45) is 0 Å². The van der Waals surface area contributed by atoms with Crippen molar-refractivity contribution in [3.05, 3.63) is 46.5 Å². The predicted octanol–water partition coefficient (Wildman–Crippen LogP) is 2.29. The number of methoxy groups -OCH3 is 1. The van der Waals surface area contributed by atoms with Crippen LogP contribution in [0.4, 0.5) is 5.13 Å². The second-order valence-corrected chi connectivity index (χ2v) is 5.24. The molecular formula is C14H13N3O3S. The first kappa shape index (κ1) is 14.9. The second kappa shape index (κ2) is 6.76. The number of anilines is 1. The van der Waals surface area contributed by atoms with Gasteiger partial charge in [-0.1, -0.05) is 23.5 Å². The number of carbonyl (C=O) groups excluding carboxylic acids is 2. The standard InChI is InChI=1S/C14H13N3O3S/c1-9-16-17-14(21-9)15-12(18)8-5-10-3-6-11(7-4-10)13(19)20-2/h3-8H,1-2H3,(H,15,17,18). The first-order chi connectivity index (χ1) is 10.1. The molecule has 0 spiro atoms. The second-order valence-electron chi connectivity index (χ2n) is 4.06. The minimum Gasteiger partial charge on any atom is -0.465 e. The number of amides is 1. The molecule has 0 unspecified atom stereocenters. The van der Waals surface area contributed by atoms with Gasteiger partial charge in [0.2, 0.25) is 11.0 Å². The van der Waals surface area contributed by atoms with Gasteiger partial charge in [-0.25, -0.2) is 4.79 Å². The number of hydrogen-bond acceptors (Lipinski definition) is 6. The smallest absolute Gasteiger partial charge is 0.337 e. The number of benzene rings is 1. The van der Waals surface area contributed by atoms with Crippen molar-refractivity contribution in [3.8, 4) is 0 Å². The highest BCUT2D eigenvalue weighted by Gasteiger charge is 2.04. The van der Waals surface area contributed by atoms with Crippen LogP contribution in [-0.2, 0) is 9.53 Å². The molecule has 0 saturated carbocycles. The van der Waals surface area contributed by atoms with Gasteiger partial charge in [-0.2, -0.15) is 0 Å². The van der Waals surface area contributed by atoms with Crippen LogP contribution in [0, 0.1) is 6.92 Å². The van der Waals surface area contributed by atoms with Gasteiger partial charge in [0.1, 0.15) is 5.01 Å². The van der Waals surface area contributed by atoms with Crippen LogP contribution >= 0.6 is 11.3 Å². The van der Waals surface area contributed by atoms with Gasteiger partial charge in [0.25, 0.3) is 0 Å². The van der Waals surface area contributed by atoms with E-state index in [0.717, 1.165) is 10.6 Å². The zero-order valence-electron chi connectivity index (χ0n) is 11.5. The van der Waals surface area contributed by atoms with Gasteiger partial charge in [-0.15, -0.1) is 10.2 Å². The maximum Gasteiger partial charge on any atom is 0.337 e. The Balaban J connectivity index is 1.97. The lowest BCUT2D eigenvalue weighted by Gasteiger charge is -1.99. The molecule has 1 heterocycles. The lowest BCUT2D eigenvalue weighted by Crippen LogP contribution is -2.07. The van der Waals surface area contributed by atoms with Gasteiger partial charge in [0, 0.05) is 6.08 Å². The third kappa shape index (κ3) is 4.22. The molecule has 0 aliphatic heterocycles. The molecule has 1 amide bonds. The Labute approximate surface area is 125 Å². The Hall–Kier alpha value is -2.54. The molecule has 2 rings (SSSR count). The molecule has 0 radical (unpaired) electrons. The van der Waals surface area contributed by atoms with Crippen molar-refractivity contribution in [3.63, 3.8) is 0 Å². The molecular weight excluding hydrogens is 290 g/mol. The van der Waals surface area contributed by atoms with Crippen molar-refractivity contribution in [2.45, 2.75) is 6.92 Å². The van der Waals surface area contributed by atoms with Gasteiger partial charge >= 0.3 is 5.97 Å². The summed E-state index contributed by atoms with van der Waals surface area (Å²) in [6, 6.07) is 6.73. The van der Waals surface area contributed by atoms with Crippen molar-refractivity contribution < 1.29 is 14.3 Å². The fraction of sp³-hybridized carbons (Fsp3) is 0.143. The van der Waals surface area contributed by atoms with Crippen LogP contribution in [0.1, 0.15) is 20.9 Å². The molecule has 0 aliphatic carbocycles. The van der Waals surface area contributed by atoms with Gasteiger partial charge in [0.05, 0.1) is 12.7 Å². The maximum absolute atomic E-state index is 11.7. The minimum atomic E-state index is -0.394. The topological polar surface area (TPSA) is 81.2 Å². The summed E-state index contributed by atoms with van der Waals surface area (Å²) in [6.45, 7) is 1.81. The third-order valence-electron chi connectivity index (χ3n) is 2.52. The largest absolute Gasteiger partial charge is 0.465 e. The van der Waals surface area contributed by atoms with E-state index in [-0.39, 0.29) is 5.91 Å². The average Bonchev–Trinajstić information content (AvgIpc) is 2.90. The molecule has 0 saturated heterocycles. The Morgan fingerprint density at radius 2 is 1.95 bits per heavy atom. The maximum atomic E-state index is 11.7. The van der Waals surface area contributed by atoms with E-state index in [1.54, 1.807) is 30.3 Å². The summed E-state index contributed by atoms with van der Waals surface area (Å²) in [7, 11) is 1.33. The van der Waals surface area contributed by atoms with Gasteiger partial charge in [-0.05, 0) is 30.7 Å². The molecule has 2 aromatic rings. The first-order valence-corrected chi connectivity index (χ1v) is 6.87. The van der Waals surface area contributed by atoms with Crippen molar-refractivity contribution >= 4 is 34.4 Å². The highest BCUT2D eigenvalue weighted by Crippen LogP contribution is 2.13. The molecule has 1 aromatic carbocycles. The summed E-state index contributed by atoms with van der Waals surface area (Å²) >= 11 is 1.31. The number of hydrogen-bond donors (Lipinski definition) is 1. The summed E-state index contributed by atoms with van der Waals surface area (Å²) in [4.78, 5) is 23.0. The SMILES string of the molecule is COC(=O)c1ccc(C=CC(=O)Nc2nnc(C)s2)cc1. The Morgan fingerprint density at radius 3 is 2.52 bits per heavy atom. The first-order valence-electron chi connectivity index (χ1n) is 6.06. The summed E-state index contributed by atoms with van der Waals surface area (Å²) in [5.74, 6) is -0.682. The fourth-order valence-corrected chi connectivity index (χ4v) is 2.11. The number of nitrogens with zero attached hydrogens (tertiary/aromatic N) is 2. The van der Waals surface area contributed by atoms with Gasteiger partial charge in [-0.3, -0.25) is 10.1 Å². The predicted molar refractivity (Wildman–Crippen MR) is 80.1 cm³/mol. The number of aromatic nitrogens is 2. The van der Waals surface area contributed by atoms with Crippen LogP contribution in [0.15, 0.2) is 30.3 Å². The lowest BCUT2D eigenvalue weighted by molar-refractivity contribution is -0.111. The van der Waals surface area contributed by atoms with Crippen molar-refractivity contribution in [1.82, 2.24) is 10.2 Å². The number of esters is 1. The number of ether oxygens (including phenoxy) is 1. The van der Waals surface area contributed by atoms with Crippen molar-refractivity contribution in [1.29, 1.82) is 0 Å². The fourth-order valence-electron chi connectivity index (χ4n) is 1.51. The van der Waals surface area contributed by atoms with E-state index >= 15 is 0 Å². The van der Waals surface area contributed by atoms with E-state index in [4.69, 9.17) is 0 Å². The summed E-state index contributed by atoms with van der Waals surface area (Å²) < 4.78 is 4.61. The van der Waals surface area contributed by atoms with Gasteiger partial charge < -0.3 is 4.74 Å². The minimum absolute atomic E-state index is 0.289. The molecule has 6 nitrogen and oxygen atoms in total. The average molecular weight is 303 g/mol. The van der Waals surface area contributed by atoms with Crippen molar-refractivity contribution in [2.75, 3.05) is 12.4 Å². The number of carbonyl (C=O) groups is 2. The zero-order valence-corrected chi connectivity index (χ0v) is 12.3. The van der Waals surface area contributed by atoms with E-state index in [2.05, 4.69) is 20.3 Å². The third-order valence-corrected chi connectivity index (χ3v) is 3.27. The Morgan fingerprint density at radius 1 is 1.24 bits per heavy atom. The molecule has 108 valence electrons. The molecule has 0 atom stereocenters. The molecule has 0 fully saturated rings. The van der Waals surface area contributed by atoms with E-state index < -0.39 is 5.97 Å². The number of rotatable bonds is 4. The molecule has 1 N–H and O–H groups in total. The zero-order chi connectivity index (χ0) is 15.2. The highest BCUT2D eigenvalue weighted by molar-refractivity contribution is 7.15. The summed E-state index contributed by atoms with van der Waals surface area (Å²) in [6.07, 6.45) is 3.04. The van der Waals surface area contributed by atoms with E-state index in [0.29, 0.717) is 10.7 Å². The van der Waals surface area contributed by atoms with E-state index in [9.17, 15) is 9.59 Å². The van der Waals surface area contributed by atoms with Gasteiger partial charge in [0.15, 0.2) is 0 Å². The summed E-state index contributed by atoms with van der Waals surface area (Å²) in [5, 5.41) is 11.5. The Kier molecular flexibility index (Phi) is 4.78. The van der Waals surface area contributed by atoms with Crippen LogP contribution in [0.3, 0.4) is 0 Å².